The summed E-state index contributed by atoms with van der Waals surface area (Å²) in [5, 5.41) is 21.6. The van der Waals surface area contributed by atoms with Gasteiger partial charge in [0.1, 0.15) is 11.6 Å². The van der Waals surface area contributed by atoms with E-state index in [9.17, 15) is 32.6 Å². The van der Waals surface area contributed by atoms with Crippen LogP contribution in [0.15, 0.2) is 65.6 Å². The molecule has 1 aliphatic rings. The number of alkyl halides is 3. The summed E-state index contributed by atoms with van der Waals surface area (Å²) < 4.78 is 58.2. The molecular formula is C24H21F4NO3. The van der Waals surface area contributed by atoms with Gasteiger partial charge in [0.25, 0.3) is 0 Å². The van der Waals surface area contributed by atoms with E-state index >= 15 is 0 Å². The zero-order valence-corrected chi connectivity index (χ0v) is 17.3. The molecule has 0 saturated carbocycles. The van der Waals surface area contributed by atoms with Crippen LogP contribution < -0.4 is 5.43 Å². The lowest BCUT2D eigenvalue weighted by Gasteiger charge is -2.46. The standard InChI is InChI=1S/C24H21F4NO3/c1-14-12-29(18-6-4-3-5-16(18)21(14)31)20-9-10-22(2,13-23(20,32)24(26,27)28)17-11-15(25)7-8-19(17)30/h3-12,20,30,32H,13H2,1-2H3. The highest BCUT2D eigenvalue weighted by Crippen LogP contribution is 2.52. The summed E-state index contributed by atoms with van der Waals surface area (Å²) in [7, 11) is 0. The number of fused-ring (bicyclic) bond motifs is 1. The molecule has 32 heavy (non-hydrogen) atoms. The van der Waals surface area contributed by atoms with E-state index in [4.69, 9.17) is 0 Å². The van der Waals surface area contributed by atoms with Gasteiger partial charge < -0.3 is 14.8 Å². The summed E-state index contributed by atoms with van der Waals surface area (Å²) in [6.45, 7) is 2.90. The number of para-hydroxylation sites is 1. The van der Waals surface area contributed by atoms with E-state index in [0.717, 1.165) is 18.2 Å². The van der Waals surface area contributed by atoms with Crippen LogP contribution in [0.5, 0.6) is 5.75 Å². The second-order valence-corrected chi connectivity index (χ2v) is 8.55. The van der Waals surface area contributed by atoms with E-state index in [-0.39, 0.29) is 33.2 Å². The molecule has 0 saturated heterocycles. The summed E-state index contributed by atoms with van der Waals surface area (Å²) in [6, 6.07) is 7.71. The molecule has 0 radical (unpaired) electrons. The quantitative estimate of drug-likeness (QED) is 0.434. The number of hydrogen-bond acceptors (Lipinski definition) is 3. The van der Waals surface area contributed by atoms with Crippen molar-refractivity contribution in [3.8, 4) is 5.75 Å². The predicted octanol–water partition coefficient (Wildman–Crippen LogP) is 4.91. The van der Waals surface area contributed by atoms with E-state index < -0.39 is 35.5 Å². The minimum Gasteiger partial charge on any atom is -0.508 e. The van der Waals surface area contributed by atoms with Crippen molar-refractivity contribution in [1.29, 1.82) is 0 Å². The minimum atomic E-state index is -5.06. The SMILES string of the molecule is Cc1cn(C2C=CC(C)(c3cc(F)ccc3O)CC2(O)C(F)(F)F)c2ccccc2c1=O. The van der Waals surface area contributed by atoms with Crippen molar-refractivity contribution in [3.63, 3.8) is 0 Å². The Kier molecular flexibility index (Phi) is 4.97. The second-order valence-electron chi connectivity index (χ2n) is 8.55. The Labute approximate surface area is 181 Å². The third-order valence-electron chi connectivity index (χ3n) is 6.25. The van der Waals surface area contributed by atoms with Gasteiger partial charge in [0.15, 0.2) is 11.0 Å². The highest BCUT2D eigenvalue weighted by Gasteiger charge is 2.62. The molecule has 4 rings (SSSR count). The van der Waals surface area contributed by atoms with Crippen LogP contribution in [-0.2, 0) is 5.41 Å². The largest absolute Gasteiger partial charge is 0.508 e. The van der Waals surface area contributed by atoms with Gasteiger partial charge in [0.05, 0.1) is 11.6 Å². The number of hydrogen-bond donors (Lipinski definition) is 2. The Bertz CT molecular complexity index is 1300. The summed E-state index contributed by atoms with van der Waals surface area (Å²) in [6.07, 6.45) is -1.98. The third kappa shape index (κ3) is 3.30. The van der Waals surface area contributed by atoms with Gasteiger partial charge in [-0.2, -0.15) is 13.2 Å². The fourth-order valence-electron chi connectivity index (χ4n) is 4.60. The number of pyridine rings is 1. The molecular weight excluding hydrogens is 426 g/mol. The third-order valence-corrected chi connectivity index (χ3v) is 6.25. The number of halogens is 4. The van der Waals surface area contributed by atoms with Crippen molar-refractivity contribution in [3.05, 3.63) is 88.0 Å². The van der Waals surface area contributed by atoms with E-state index in [1.54, 1.807) is 12.1 Å². The van der Waals surface area contributed by atoms with Crippen molar-refractivity contribution in [2.45, 2.75) is 43.5 Å². The van der Waals surface area contributed by atoms with Crippen molar-refractivity contribution in [1.82, 2.24) is 4.57 Å². The number of aromatic nitrogens is 1. The molecule has 0 spiro atoms. The normalized spacial score (nSPS) is 25.9. The van der Waals surface area contributed by atoms with Crippen LogP contribution in [0.2, 0.25) is 0 Å². The summed E-state index contributed by atoms with van der Waals surface area (Å²) >= 11 is 0. The average Bonchev–Trinajstić information content (AvgIpc) is 2.72. The Morgan fingerprint density at radius 3 is 2.53 bits per heavy atom. The first-order chi connectivity index (χ1) is 14.9. The monoisotopic (exact) mass is 447 g/mol. The molecule has 0 fully saturated rings. The van der Waals surface area contributed by atoms with Gasteiger partial charge in [0.2, 0.25) is 0 Å². The van der Waals surface area contributed by atoms with Gasteiger partial charge in [-0.05, 0) is 37.3 Å². The fourth-order valence-corrected chi connectivity index (χ4v) is 4.60. The first-order valence-corrected chi connectivity index (χ1v) is 9.95. The Hall–Kier alpha value is -3.13. The summed E-state index contributed by atoms with van der Waals surface area (Å²) in [5.74, 6) is -1.08. The smallest absolute Gasteiger partial charge is 0.419 e. The minimum absolute atomic E-state index is 0.0594. The zero-order valence-electron chi connectivity index (χ0n) is 17.3. The zero-order chi connectivity index (χ0) is 23.5. The van der Waals surface area contributed by atoms with E-state index in [2.05, 4.69) is 0 Å². The second kappa shape index (κ2) is 7.20. The number of nitrogens with zero attached hydrogens (tertiary/aromatic N) is 1. The molecule has 1 aliphatic carbocycles. The van der Waals surface area contributed by atoms with E-state index in [0.29, 0.717) is 0 Å². The Morgan fingerprint density at radius 1 is 1.16 bits per heavy atom. The molecule has 8 heteroatoms. The molecule has 0 aliphatic heterocycles. The maximum Gasteiger partial charge on any atom is 0.419 e. The van der Waals surface area contributed by atoms with E-state index in [1.807, 2.05) is 0 Å². The van der Waals surface area contributed by atoms with Crippen LogP contribution >= 0.6 is 0 Å². The molecule has 1 aromatic heterocycles. The van der Waals surface area contributed by atoms with E-state index in [1.165, 1.54) is 48.9 Å². The first kappa shape index (κ1) is 22.1. The van der Waals surface area contributed by atoms with Crippen LogP contribution in [-0.4, -0.2) is 26.6 Å². The highest BCUT2D eigenvalue weighted by molar-refractivity contribution is 5.79. The predicted molar refractivity (Wildman–Crippen MR) is 112 cm³/mol. The number of aromatic hydroxyl groups is 1. The lowest BCUT2D eigenvalue weighted by molar-refractivity contribution is -0.278. The van der Waals surface area contributed by atoms with Crippen LogP contribution in [0.3, 0.4) is 0 Å². The fraction of sp³-hybridized carbons (Fsp3) is 0.292. The number of rotatable bonds is 2. The molecule has 3 unspecified atom stereocenters. The molecule has 2 N–H and O–H groups in total. The lowest BCUT2D eigenvalue weighted by atomic mass is 9.66. The van der Waals surface area contributed by atoms with Crippen molar-refractivity contribution in [2.24, 2.45) is 0 Å². The number of aryl methyl sites for hydroxylation is 1. The average molecular weight is 447 g/mol. The lowest BCUT2D eigenvalue weighted by Crippen LogP contribution is -2.56. The molecule has 3 aromatic rings. The number of allylic oxidation sites excluding steroid dienone is 1. The van der Waals surface area contributed by atoms with Gasteiger partial charge in [-0.25, -0.2) is 4.39 Å². The maximum absolute atomic E-state index is 14.4. The Balaban J connectivity index is 1.98. The molecule has 4 nitrogen and oxygen atoms in total. The topological polar surface area (TPSA) is 62.5 Å². The van der Waals surface area contributed by atoms with Crippen molar-refractivity contribution in [2.75, 3.05) is 0 Å². The molecule has 0 amide bonds. The Morgan fingerprint density at radius 2 is 1.84 bits per heavy atom. The maximum atomic E-state index is 14.4. The number of phenolic OH excluding ortho intramolecular Hbond substituents is 1. The van der Waals surface area contributed by atoms with Gasteiger partial charge in [-0.1, -0.05) is 31.2 Å². The highest BCUT2D eigenvalue weighted by atomic mass is 19.4. The van der Waals surface area contributed by atoms with Crippen molar-refractivity contribution >= 4 is 10.9 Å². The molecule has 2 aromatic carbocycles. The van der Waals surface area contributed by atoms with Crippen LogP contribution in [0.4, 0.5) is 17.6 Å². The van der Waals surface area contributed by atoms with Crippen molar-refractivity contribution < 1.29 is 27.8 Å². The molecule has 1 heterocycles. The number of benzene rings is 2. The molecule has 3 atom stereocenters. The molecule has 0 bridgehead atoms. The number of aliphatic hydroxyl groups is 1. The van der Waals surface area contributed by atoms with Gasteiger partial charge in [0, 0.05) is 34.5 Å². The van der Waals surface area contributed by atoms with Gasteiger partial charge >= 0.3 is 6.18 Å². The number of phenols is 1. The summed E-state index contributed by atoms with van der Waals surface area (Å²) in [4.78, 5) is 12.5. The van der Waals surface area contributed by atoms with Crippen LogP contribution in [0.25, 0.3) is 10.9 Å². The van der Waals surface area contributed by atoms with Gasteiger partial charge in [-0.3, -0.25) is 4.79 Å². The van der Waals surface area contributed by atoms with Crippen LogP contribution in [0.1, 0.15) is 30.5 Å². The van der Waals surface area contributed by atoms with Gasteiger partial charge in [-0.15, -0.1) is 0 Å². The first-order valence-electron chi connectivity index (χ1n) is 9.95. The molecule has 168 valence electrons. The summed E-state index contributed by atoms with van der Waals surface area (Å²) in [5.41, 5.74) is -4.65. The van der Waals surface area contributed by atoms with Crippen LogP contribution in [0, 0.1) is 12.7 Å².